The number of ether oxygens (including phenoxy) is 2. The van der Waals surface area contributed by atoms with E-state index in [9.17, 15) is 19.2 Å². The van der Waals surface area contributed by atoms with E-state index in [0.29, 0.717) is 18.9 Å². The van der Waals surface area contributed by atoms with E-state index in [2.05, 4.69) is 131 Å². The van der Waals surface area contributed by atoms with Crippen molar-refractivity contribution >= 4 is 24.0 Å². The number of H-pyrrole nitrogens is 2. The molecule has 69 heavy (non-hydrogen) atoms. The number of hydrogen-bond acceptors (Lipinski definition) is 8. The smallest absolute Gasteiger partial charge is 0.407 e. The van der Waals surface area contributed by atoms with Crippen molar-refractivity contribution in [3.05, 3.63) is 115 Å². The molecule has 0 saturated carbocycles. The first-order chi connectivity index (χ1) is 33.1. The van der Waals surface area contributed by atoms with Crippen molar-refractivity contribution in [1.29, 1.82) is 0 Å². The number of carbonyl (C=O) groups is 4. The number of aromatic amines is 2. The van der Waals surface area contributed by atoms with E-state index in [1.165, 1.54) is 19.7 Å². The molecule has 15 nitrogen and oxygen atoms in total. The summed E-state index contributed by atoms with van der Waals surface area (Å²) in [6.45, 7) is 15.4. The summed E-state index contributed by atoms with van der Waals surface area (Å²) in [5.41, 5.74) is 9.96. The van der Waals surface area contributed by atoms with Gasteiger partial charge in [-0.15, -0.1) is 0 Å². The Morgan fingerprint density at radius 1 is 0.667 bits per heavy atom. The number of nitrogens with zero attached hydrogens (tertiary/aromatic N) is 5. The summed E-state index contributed by atoms with van der Waals surface area (Å²) in [6.07, 6.45) is 4.68. The third-order valence-corrected chi connectivity index (χ3v) is 13.4. The number of likely N-dealkylation sites (tertiary alicyclic amines) is 2. The molecule has 2 aliphatic rings. The molecule has 0 unspecified atom stereocenters. The fraction of sp³-hybridized carbons (Fsp3) is 0.407. The fourth-order valence-electron chi connectivity index (χ4n) is 9.71. The molecule has 5 heterocycles. The van der Waals surface area contributed by atoms with Crippen molar-refractivity contribution in [2.45, 2.75) is 104 Å². The van der Waals surface area contributed by atoms with Crippen LogP contribution in [0.3, 0.4) is 0 Å². The van der Waals surface area contributed by atoms with Gasteiger partial charge in [0, 0.05) is 25.8 Å². The van der Waals surface area contributed by atoms with Gasteiger partial charge in [0.15, 0.2) is 6.10 Å². The lowest BCUT2D eigenvalue weighted by atomic mass is 9.85. The zero-order valence-corrected chi connectivity index (χ0v) is 41.1. The summed E-state index contributed by atoms with van der Waals surface area (Å²) in [5.74, 6) is 0.751. The van der Waals surface area contributed by atoms with Crippen LogP contribution in [0, 0.1) is 11.8 Å². The van der Waals surface area contributed by atoms with Crippen LogP contribution in [0.2, 0.25) is 0 Å². The summed E-state index contributed by atoms with van der Waals surface area (Å²) in [7, 11) is 2.78. The second kappa shape index (κ2) is 20.2. The van der Waals surface area contributed by atoms with E-state index in [1.807, 2.05) is 45.0 Å². The van der Waals surface area contributed by atoms with Crippen LogP contribution in [-0.4, -0.2) is 97.7 Å². The fourth-order valence-corrected chi connectivity index (χ4v) is 9.71. The number of carbonyl (C=O) groups excluding carboxylic acids is 4. The van der Waals surface area contributed by atoms with E-state index in [1.54, 1.807) is 4.90 Å². The van der Waals surface area contributed by atoms with Crippen molar-refractivity contribution in [1.82, 2.24) is 44.9 Å². The van der Waals surface area contributed by atoms with E-state index in [-0.39, 0.29) is 41.1 Å². The first kappa shape index (κ1) is 48.3. The topological polar surface area (TPSA) is 180 Å². The van der Waals surface area contributed by atoms with Gasteiger partial charge in [-0.05, 0) is 89.0 Å². The van der Waals surface area contributed by atoms with Crippen LogP contribution >= 0.6 is 0 Å². The van der Waals surface area contributed by atoms with Crippen LogP contribution in [0.1, 0.15) is 103 Å². The number of para-hydroxylation sites is 1. The molecule has 2 saturated heterocycles. The van der Waals surface area contributed by atoms with Gasteiger partial charge in [-0.2, -0.15) is 0 Å². The second-order valence-electron chi connectivity index (χ2n) is 19.8. The van der Waals surface area contributed by atoms with Crippen molar-refractivity contribution in [3.8, 4) is 50.7 Å². The Bertz CT molecular complexity index is 2620. The summed E-state index contributed by atoms with van der Waals surface area (Å²) in [5, 5.41) is 5.18. The SMILES string of the molecule is CNC(=O)O[C@H](C(=O)N1CCC[C@H]1c1ncc(-c2ccc(-c3ccc(-c4ccc(-c5cnc([C@@H]6CCCN6C(=O)[C@@H](NC(=O)OC)C(C)C)[nH]5)cc4)n3-c3ccccc3C(C)(C)C)cc2)[nH]1)C(C)C. The van der Waals surface area contributed by atoms with Gasteiger partial charge in [0.2, 0.25) is 5.91 Å². The molecule has 362 valence electrons. The van der Waals surface area contributed by atoms with Gasteiger partial charge in [0.25, 0.3) is 5.91 Å². The number of hydrogen-bond donors (Lipinski definition) is 4. The number of amides is 4. The molecule has 8 rings (SSSR count). The predicted molar refractivity (Wildman–Crippen MR) is 266 cm³/mol. The highest BCUT2D eigenvalue weighted by Gasteiger charge is 2.39. The number of aromatic nitrogens is 5. The number of methoxy groups -OCH3 is 1. The lowest BCUT2D eigenvalue weighted by Crippen LogP contribution is -2.51. The van der Waals surface area contributed by atoms with Crippen molar-refractivity contribution in [2.24, 2.45) is 11.8 Å². The summed E-state index contributed by atoms with van der Waals surface area (Å²) in [6, 6.07) is 28.7. The third-order valence-electron chi connectivity index (χ3n) is 13.4. The second-order valence-corrected chi connectivity index (χ2v) is 19.8. The molecule has 6 aromatic rings. The van der Waals surface area contributed by atoms with Gasteiger partial charge in [-0.1, -0.05) is 115 Å². The van der Waals surface area contributed by atoms with Gasteiger partial charge in [0.05, 0.1) is 54.4 Å². The Morgan fingerprint density at radius 2 is 1.16 bits per heavy atom. The molecule has 15 heteroatoms. The van der Waals surface area contributed by atoms with E-state index in [0.717, 1.165) is 82.2 Å². The molecule has 4 N–H and O–H groups in total. The first-order valence-electron chi connectivity index (χ1n) is 24.0. The maximum Gasteiger partial charge on any atom is 0.407 e. The van der Waals surface area contributed by atoms with Crippen molar-refractivity contribution in [3.63, 3.8) is 0 Å². The Hall–Kier alpha value is -7.16. The number of nitrogens with one attached hydrogen (secondary N) is 4. The monoisotopic (exact) mass is 936 g/mol. The summed E-state index contributed by atoms with van der Waals surface area (Å²) >= 11 is 0. The highest BCUT2D eigenvalue weighted by atomic mass is 16.6. The predicted octanol–water partition coefficient (Wildman–Crippen LogP) is 9.98. The lowest BCUT2D eigenvalue weighted by molar-refractivity contribution is -0.143. The van der Waals surface area contributed by atoms with Gasteiger partial charge >= 0.3 is 12.2 Å². The Labute approximate surface area is 404 Å². The molecule has 2 aliphatic heterocycles. The average Bonchev–Trinajstić information content (AvgIpc) is 4.21. The van der Waals surface area contributed by atoms with Crippen molar-refractivity contribution < 1.29 is 28.7 Å². The van der Waals surface area contributed by atoms with Crippen LogP contribution in [-0.2, 0) is 24.5 Å². The minimum Gasteiger partial charge on any atom is -0.453 e. The summed E-state index contributed by atoms with van der Waals surface area (Å²) in [4.78, 5) is 71.8. The third kappa shape index (κ3) is 10.0. The number of rotatable bonds is 13. The average molecular weight is 936 g/mol. The zero-order chi connectivity index (χ0) is 49.1. The molecular weight excluding hydrogens is 871 g/mol. The van der Waals surface area contributed by atoms with Crippen LogP contribution in [0.15, 0.2) is 97.3 Å². The number of benzene rings is 3. The molecular formula is C54H65N9O6. The molecule has 4 atom stereocenters. The highest BCUT2D eigenvalue weighted by Crippen LogP contribution is 2.39. The van der Waals surface area contributed by atoms with E-state index in [4.69, 9.17) is 19.4 Å². The maximum absolute atomic E-state index is 13.8. The normalized spacial score (nSPS) is 17.0. The van der Waals surface area contributed by atoms with Gasteiger partial charge in [-0.25, -0.2) is 19.6 Å². The molecule has 0 aliphatic carbocycles. The Balaban J connectivity index is 1.06. The molecule has 0 spiro atoms. The highest BCUT2D eigenvalue weighted by molar-refractivity contribution is 5.87. The van der Waals surface area contributed by atoms with Crippen LogP contribution < -0.4 is 10.6 Å². The largest absolute Gasteiger partial charge is 0.453 e. The molecule has 3 aromatic heterocycles. The molecule has 2 fully saturated rings. The van der Waals surface area contributed by atoms with E-state index >= 15 is 0 Å². The maximum atomic E-state index is 13.8. The summed E-state index contributed by atoms with van der Waals surface area (Å²) < 4.78 is 12.7. The minimum absolute atomic E-state index is 0.121. The van der Waals surface area contributed by atoms with Gasteiger partial charge in [0.1, 0.15) is 17.7 Å². The molecule has 3 aromatic carbocycles. The van der Waals surface area contributed by atoms with Gasteiger partial charge < -0.3 is 44.4 Å². The number of alkyl carbamates (subject to hydrolysis) is 2. The van der Waals surface area contributed by atoms with Crippen LogP contribution in [0.25, 0.3) is 50.7 Å². The lowest BCUT2D eigenvalue weighted by Gasteiger charge is -2.30. The standard InChI is InChI=1S/C54H65N9O6/c1-32(2)46(60-53(67)68-9)50(64)61-28-12-16-44(61)48-56-30-39(58-48)34-18-22-36(23-19-34)41-26-27-42(63(41)43-15-11-10-14-38(43)54(5,6)7)37-24-20-35(21-25-37)40-31-57-49(59-40)45-17-13-29-62(45)51(65)47(33(3)4)69-52(66)55-8/h10-11,14-15,18-27,30-33,44-47H,12-13,16-17,28-29H2,1-9H3,(H,55,66)(H,56,58)(H,57,59)(H,60,67)/t44-,45-,46-,47-/m0/s1. The minimum atomic E-state index is -0.893. The molecule has 0 bridgehead atoms. The molecule has 0 radical (unpaired) electrons. The first-order valence-corrected chi connectivity index (χ1v) is 24.0. The quantitative estimate of drug-likeness (QED) is 0.0884. The molecule has 4 amide bonds. The number of imidazole rings is 2. The Kier molecular flexibility index (Phi) is 14.1. The van der Waals surface area contributed by atoms with E-state index < -0.39 is 24.3 Å². The van der Waals surface area contributed by atoms with Crippen LogP contribution in [0.4, 0.5) is 9.59 Å². The zero-order valence-electron chi connectivity index (χ0n) is 41.1. The van der Waals surface area contributed by atoms with Gasteiger partial charge in [-0.3, -0.25) is 9.59 Å². The van der Waals surface area contributed by atoms with Crippen LogP contribution in [0.5, 0.6) is 0 Å². The van der Waals surface area contributed by atoms with Crippen molar-refractivity contribution in [2.75, 3.05) is 27.2 Å². The Morgan fingerprint density at radius 3 is 1.62 bits per heavy atom.